The van der Waals surface area contributed by atoms with Gasteiger partial charge in [-0.3, -0.25) is 4.68 Å². The first-order valence-corrected chi connectivity index (χ1v) is 7.71. The summed E-state index contributed by atoms with van der Waals surface area (Å²) >= 11 is 6.36. The summed E-state index contributed by atoms with van der Waals surface area (Å²) in [6.07, 6.45) is 3.79. The van der Waals surface area contributed by atoms with Crippen LogP contribution in [0.2, 0.25) is 5.02 Å². The summed E-state index contributed by atoms with van der Waals surface area (Å²) in [4.78, 5) is 0. The zero-order valence-electron chi connectivity index (χ0n) is 12.4. The number of nitrogens with zero attached hydrogens (tertiary/aromatic N) is 2. The quantitative estimate of drug-likeness (QED) is 0.921. The molecule has 0 aliphatic heterocycles. The van der Waals surface area contributed by atoms with E-state index in [9.17, 15) is 5.11 Å². The molecule has 1 aromatic rings. The molecule has 3 atom stereocenters. The first-order valence-electron chi connectivity index (χ1n) is 7.33. The molecule has 1 N–H and O–H groups in total. The van der Waals surface area contributed by atoms with E-state index in [0.29, 0.717) is 18.3 Å². The maximum absolute atomic E-state index is 11.0. The van der Waals surface area contributed by atoms with Gasteiger partial charge in [-0.15, -0.1) is 0 Å². The second-order valence-corrected chi connectivity index (χ2v) is 6.48. The van der Waals surface area contributed by atoms with Gasteiger partial charge < -0.3 is 5.11 Å². The monoisotopic (exact) mass is 284 g/mol. The van der Waals surface area contributed by atoms with Crippen LogP contribution in [0.5, 0.6) is 0 Å². The molecule has 4 heteroatoms. The van der Waals surface area contributed by atoms with Gasteiger partial charge in [-0.05, 0) is 32.1 Å². The number of halogens is 1. The molecule has 1 aliphatic carbocycles. The average Bonchev–Trinajstić information content (AvgIpc) is 2.64. The Hall–Kier alpha value is -0.540. The molecule has 0 spiro atoms. The van der Waals surface area contributed by atoms with Gasteiger partial charge in [0.05, 0.1) is 22.0 Å². The third-order valence-electron chi connectivity index (χ3n) is 4.90. The zero-order valence-corrected chi connectivity index (χ0v) is 13.2. The van der Waals surface area contributed by atoms with E-state index in [-0.39, 0.29) is 0 Å². The summed E-state index contributed by atoms with van der Waals surface area (Å²) in [5.41, 5.74) is 1.21. The summed E-state index contributed by atoms with van der Waals surface area (Å²) < 4.78 is 1.93. The Balaban J connectivity index is 2.29. The molecule has 1 aliphatic rings. The van der Waals surface area contributed by atoms with E-state index < -0.39 is 5.60 Å². The van der Waals surface area contributed by atoms with Crippen LogP contribution >= 0.6 is 11.6 Å². The van der Waals surface area contributed by atoms with Crippen molar-refractivity contribution >= 4 is 11.6 Å². The number of hydrogen-bond acceptors (Lipinski definition) is 2. The third kappa shape index (κ3) is 2.68. The van der Waals surface area contributed by atoms with Crippen molar-refractivity contribution < 1.29 is 5.11 Å². The third-order valence-corrected chi connectivity index (χ3v) is 5.39. The van der Waals surface area contributed by atoms with E-state index in [2.05, 4.69) is 25.9 Å². The topological polar surface area (TPSA) is 38.0 Å². The van der Waals surface area contributed by atoms with Crippen molar-refractivity contribution in [3.05, 3.63) is 16.4 Å². The minimum atomic E-state index is -0.638. The molecule has 1 saturated carbocycles. The molecule has 108 valence electrons. The Bertz CT molecular complexity index is 457. The maximum atomic E-state index is 11.0. The number of hydrogen-bond donors (Lipinski definition) is 1. The number of aromatic nitrogens is 2. The van der Waals surface area contributed by atoms with Crippen molar-refractivity contribution in [2.45, 2.75) is 65.5 Å². The van der Waals surface area contributed by atoms with E-state index in [1.807, 2.05) is 11.6 Å². The summed E-state index contributed by atoms with van der Waals surface area (Å²) in [7, 11) is 0. The highest BCUT2D eigenvalue weighted by Gasteiger charge is 2.41. The Morgan fingerprint density at radius 2 is 2.16 bits per heavy atom. The normalized spacial score (nSPS) is 31.7. The standard InChI is InChI=1S/C15H25ClN2O/c1-5-18-13(14(16)12(4)17-18)9-15(19)8-6-7-10(2)11(15)3/h10-11,19H,5-9H2,1-4H3. The Kier molecular flexibility index (Phi) is 4.26. The lowest BCUT2D eigenvalue weighted by atomic mass is 9.69. The van der Waals surface area contributed by atoms with Crippen LogP contribution < -0.4 is 0 Å². The fraction of sp³-hybridized carbons (Fsp3) is 0.800. The minimum absolute atomic E-state index is 0.304. The summed E-state index contributed by atoms with van der Waals surface area (Å²) in [6.45, 7) is 9.18. The van der Waals surface area contributed by atoms with Crippen LogP contribution in [0.25, 0.3) is 0 Å². The molecule has 0 amide bonds. The van der Waals surface area contributed by atoms with Crippen molar-refractivity contribution in [3.63, 3.8) is 0 Å². The second kappa shape index (κ2) is 5.45. The first-order chi connectivity index (χ1) is 8.89. The van der Waals surface area contributed by atoms with Gasteiger partial charge in [0.1, 0.15) is 0 Å². The largest absolute Gasteiger partial charge is 0.389 e. The van der Waals surface area contributed by atoms with Crippen LogP contribution in [0.4, 0.5) is 0 Å². The van der Waals surface area contributed by atoms with Crippen LogP contribution in [0.1, 0.15) is 51.4 Å². The average molecular weight is 285 g/mol. The molecule has 3 nitrogen and oxygen atoms in total. The molecule has 1 aromatic heterocycles. The van der Waals surface area contributed by atoms with Gasteiger partial charge in [-0.1, -0.05) is 38.3 Å². The number of rotatable bonds is 3. The molecule has 0 aromatic carbocycles. The van der Waals surface area contributed by atoms with E-state index in [4.69, 9.17) is 11.6 Å². The Labute approximate surface area is 121 Å². The Morgan fingerprint density at radius 3 is 2.79 bits per heavy atom. The highest BCUT2D eigenvalue weighted by atomic mass is 35.5. The van der Waals surface area contributed by atoms with Gasteiger partial charge in [0.2, 0.25) is 0 Å². The van der Waals surface area contributed by atoms with Crippen molar-refractivity contribution in [1.29, 1.82) is 0 Å². The molecule has 2 rings (SSSR count). The summed E-state index contributed by atoms with van der Waals surface area (Å²) in [5.74, 6) is 0.870. The van der Waals surface area contributed by atoms with Crippen molar-refractivity contribution in [2.24, 2.45) is 11.8 Å². The van der Waals surface area contributed by atoms with E-state index in [0.717, 1.165) is 35.8 Å². The predicted octanol–water partition coefficient (Wildman–Crippen LogP) is 3.59. The van der Waals surface area contributed by atoms with Crippen LogP contribution in [-0.2, 0) is 13.0 Å². The lowest BCUT2D eigenvalue weighted by Crippen LogP contribution is -2.45. The first kappa shape index (κ1) is 14.9. The van der Waals surface area contributed by atoms with Crippen LogP contribution in [-0.4, -0.2) is 20.5 Å². The SMILES string of the molecule is CCn1nc(C)c(Cl)c1CC1(O)CCCC(C)C1C. The van der Waals surface area contributed by atoms with E-state index in [1.54, 1.807) is 0 Å². The lowest BCUT2D eigenvalue weighted by Gasteiger charge is -2.42. The van der Waals surface area contributed by atoms with Gasteiger partial charge in [0.15, 0.2) is 0 Å². The van der Waals surface area contributed by atoms with Crippen molar-refractivity contribution in [2.75, 3.05) is 0 Å². The van der Waals surface area contributed by atoms with Crippen LogP contribution in [0.3, 0.4) is 0 Å². The van der Waals surface area contributed by atoms with Gasteiger partial charge in [0, 0.05) is 13.0 Å². The highest BCUT2D eigenvalue weighted by molar-refractivity contribution is 6.31. The number of aliphatic hydroxyl groups is 1. The molecule has 3 unspecified atom stereocenters. The van der Waals surface area contributed by atoms with Gasteiger partial charge in [-0.2, -0.15) is 5.10 Å². The minimum Gasteiger partial charge on any atom is -0.389 e. The fourth-order valence-electron chi connectivity index (χ4n) is 3.31. The molecule has 1 fully saturated rings. The van der Waals surface area contributed by atoms with Gasteiger partial charge in [-0.25, -0.2) is 0 Å². The highest BCUT2D eigenvalue weighted by Crippen LogP contribution is 2.40. The lowest BCUT2D eigenvalue weighted by molar-refractivity contribution is -0.0633. The Morgan fingerprint density at radius 1 is 1.47 bits per heavy atom. The molecular formula is C15H25ClN2O. The zero-order chi connectivity index (χ0) is 14.2. The van der Waals surface area contributed by atoms with Crippen molar-refractivity contribution in [3.8, 4) is 0 Å². The molecule has 19 heavy (non-hydrogen) atoms. The van der Waals surface area contributed by atoms with Gasteiger partial charge in [0.25, 0.3) is 0 Å². The van der Waals surface area contributed by atoms with E-state index in [1.165, 1.54) is 6.42 Å². The van der Waals surface area contributed by atoms with Gasteiger partial charge >= 0.3 is 0 Å². The smallest absolute Gasteiger partial charge is 0.0848 e. The summed E-state index contributed by atoms with van der Waals surface area (Å²) in [5, 5.41) is 16.2. The molecule has 0 bridgehead atoms. The second-order valence-electron chi connectivity index (χ2n) is 6.10. The fourth-order valence-corrected chi connectivity index (χ4v) is 3.52. The molecule has 0 saturated heterocycles. The summed E-state index contributed by atoms with van der Waals surface area (Å²) in [6, 6.07) is 0. The van der Waals surface area contributed by atoms with Crippen LogP contribution in [0.15, 0.2) is 0 Å². The molecular weight excluding hydrogens is 260 g/mol. The predicted molar refractivity (Wildman–Crippen MR) is 78.5 cm³/mol. The van der Waals surface area contributed by atoms with Crippen LogP contribution in [0, 0.1) is 18.8 Å². The molecule has 0 radical (unpaired) electrons. The molecule has 1 heterocycles. The maximum Gasteiger partial charge on any atom is 0.0848 e. The van der Waals surface area contributed by atoms with Crippen molar-refractivity contribution in [1.82, 2.24) is 9.78 Å². The van der Waals surface area contributed by atoms with E-state index >= 15 is 0 Å². The number of aryl methyl sites for hydroxylation is 2.